The molecule has 1 heterocycles. The van der Waals surface area contributed by atoms with Crippen molar-refractivity contribution in [2.24, 2.45) is 12.8 Å². The van der Waals surface area contributed by atoms with Crippen LogP contribution in [0.2, 0.25) is 5.02 Å². The smallest absolute Gasteiger partial charge is 0.0796 e. The molecule has 16 heavy (non-hydrogen) atoms. The summed E-state index contributed by atoms with van der Waals surface area (Å²) < 4.78 is 1.68. The second kappa shape index (κ2) is 4.23. The lowest BCUT2D eigenvalue weighted by atomic mass is 10.00. The van der Waals surface area contributed by atoms with Crippen molar-refractivity contribution in [2.75, 3.05) is 0 Å². The summed E-state index contributed by atoms with van der Waals surface area (Å²) in [7, 11) is 1.83. The SMILES string of the molecule is Cc1cc(Cl)ccc1C(N)c1cnnn1C. The third-order valence-electron chi connectivity index (χ3n) is 2.64. The van der Waals surface area contributed by atoms with Gasteiger partial charge in [0.1, 0.15) is 0 Å². The van der Waals surface area contributed by atoms with Crippen LogP contribution in [0.15, 0.2) is 24.4 Å². The van der Waals surface area contributed by atoms with Crippen molar-refractivity contribution in [3.8, 4) is 0 Å². The van der Waals surface area contributed by atoms with Crippen molar-refractivity contribution in [3.63, 3.8) is 0 Å². The number of aryl methyl sites for hydroxylation is 2. The van der Waals surface area contributed by atoms with Crippen molar-refractivity contribution in [2.45, 2.75) is 13.0 Å². The van der Waals surface area contributed by atoms with Gasteiger partial charge in [-0.1, -0.05) is 22.9 Å². The largest absolute Gasteiger partial charge is 0.319 e. The molecule has 84 valence electrons. The number of benzene rings is 1. The third-order valence-corrected chi connectivity index (χ3v) is 2.87. The maximum atomic E-state index is 6.17. The average Bonchev–Trinajstić information content (AvgIpc) is 2.63. The van der Waals surface area contributed by atoms with Crippen LogP contribution in [0.25, 0.3) is 0 Å². The molecule has 0 saturated carbocycles. The van der Waals surface area contributed by atoms with Gasteiger partial charge >= 0.3 is 0 Å². The standard InChI is InChI=1S/C11H13ClN4/c1-7-5-8(12)3-4-9(7)11(13)10-6-14-15-16(10)2/h3-6,11H,13H2,1-2H3. The lowest BCUT2D eigenvalue weighted by molar-refractivity contribution is 0.650. The highest BCUT2D eigenvalue weighted by atomic mass is 35.5. The summed E-state index contributed by atoms with van der Waals surface area (Å²) >= 11 is 5.91. The predicted molar refractivity (Wildman–Crippen MR) is 63.2 cm³/mol. The molecular weight excluding hydrogens is 224 g/mol. The van der Waals surface area contributed by atoms with E-state index in [-0.39, 0.29) is 6.04 Å². The van der Waals surface area contributed by atoms with Gasteiger partial charge in [0.15, 0.2) is 0 Å². The van der Waals surface area contributed by atoms with E-state index in [4.69, 9.17) is 17.3 Å². The van der Waals surface area contributed by atoms with Gasteiger partial charge in [-0.3, -0.25) is 4.68 Å². The first kappa shape index (κ1) is 11.1. The second-order valence-corrected chi connectivity index (χ2v) is 4.20. The third kappa shape index (κ3) is 1.94. The number of rotatable bonds is 2. The van der Waals surface area contributed by atoms with Crippen molar-refractivity contribution < 1.29 is 0 Å². The Labute approximate surface area is 99.0 Å². The molecule has 0 amide bonds. The van der Waals surface area contributed by atoms with Crippen LogP contribution in [-0.2, 0) is 7.05 Å². The van der Waals surface area contributed by atoms with E-state index in [1.54, 1.807) is 10.9 Å². The van der Waals surface area contributed by atoms with E-state index in [0.29, 0.717) is 0 Å². The lowest BCUT2D eigenvalue weighted by Crippen LogP contribution is -2.16. The molecule has 5 heteroatoms. The van der Waals surface area contributed by atoms with E-state index in [1.807, 2.05) is 32.2 Å². The molecule has 1 atom stereocenters. The van der Waals surface area contributed by atoms with Gasteiger partial charge in [0.25, 0.3) is 0 Å². The number of halogens is 1. The predicted octanol–water partition coefficient (Wildman–Crippen LogP) is 1.83. The molecule has 2 N–H and O–H groups in total. The Morgan fingerprint density at radius 2 is 2.19 bits per heavy atom. The van der Waals surface area contributed by atoms with Crippen molar-refractivity contribution >= 4 is 11.6 Å². The molecule has 0 fully saturated rings. The monoisotopic (exact) mass is 236 g/mol. The Kier molecular flexibility index (Phi) is 2.94. The fourth-order valence-corrected chi connectivity index (χ4v) is 1.95. The van der Waals surface area contributed by atoms with Crippen LogP contribution in [0, 0.1) is 6.92 Å². The van der Waals surface area contributed by atoms with Crippen molar-refractivity contribution in [3.05, 3.63) is 46.2 Å². The van der Waals surface area contributed by atoms with E-state index in [0.717, 1.165) is 21.8 Å². The van der Waals surface area contributed by atoms with Crippen LogP contribution in [0.5, 0.6) is 0 Å². The van der Waals surface area contributed by atoms with Gasteiger partial charge in [-0.2, -0.15) is 0 Å². The zero-order valence-corrected chi connectivity index (χ0v) is 9.94. The fourth-order valence-electron chi connectivity index (χ4n) is 1.73. The zero-order valence-electron chi connectivity index (χ0n) is 9.18. The average molecular weight is 237 g/mol. The van der Waals surface area contributed by atoms with Crippen LogP contribution in [0.4, 0.5) is 0 Å². The molecule has 2 rings (SSSR count). The minimum absolute atomic E-state index is 0.225. The normalized spacial score (nSPS) is 12.8. The number of hydrogen-bond acceptors (Lipinski definition) is 3. The number of aromatic nitrogens is 3. The van der Waals surface area contributed by atoms with Gasteiger partial charge in [-0.15, -0.1) is 5.10 Å². The molecule has 0 saturated heterocycles. The van der Waals surface area contributed by atoms with Crippen LogP contribution in [0.3, 0.4) is 0 Å². The van der Waals surface area contributed by atoms with E-state index in [9.17, 15) is 0 Å². The Bertz CT molecular complexity index is 506. The second-order valence-electron chi connectivity index (χ2n) is 3.76. The Hall–Kier alpha value is -1.39. The number of nitrogens with two attached hydrogens (primary N) is 1. The summed E-state index contributed by atoms with van der Waals surface area (Å²) in [5.74, 6) is 0. The van der Waals surface area contributed by atoms with E-state index < -0.39 is 0 Å². The summed E-state index contributed by atoms with van der Waals surface area (Å²) in [5, 5.41) is 8.41. The molecule has 1 aromatic carbocycles. The van der Waals surface area contributed by atoms with Gasteiger partial charge in [0, 0.05) is 12.1 Å². The first-order valence-corrected chi connectivity index (χ1v) is 5.33. The molecule has 0 aliphatic carbocycles. The summed E-state index contributed by atoms with van der Waals surface area (Å²) in [4.78, 5) is 0. The van der Waals surface area contributed by atoms with E-state index in [2.05, 4.69) is 10.3 Å². The van der Waals surface area contributed by atoms with Gasteiger partial charge < -0.3 is 5.73 Å². The number of nitrogens with zero attached hydrogens (tertiary/aromatic N) is 3. The fraction of sp³-hybridized carbons (Fsp3) is 0.273. The van der Waals surface area contributed by atoms with E-state index in [1.165, 1.54) is 0 Å². The summed E-state index contributed by atoms with van der Waals surface area (Å²) in [6.45, 7) is 1.99. The van der Waals surface area contributed by atoms with Crippen LogP contribution in [0.1, 0.15) is 22.9 Å². The van der Waals surface area contributed by atoms with Crippen LogP contribution in [-0.4, -0.2) is 15.0 Å². The Morgan fingerprint density at radius 1 is 1.44 bits per heavy atom. The Morgan fingerprint density at radius 3 is 2.75 bits per heavy atom. The highest BCUT2D eigenvalue weighted by Crippen LogP contribution is 2.23. The topological polar surface area (TPSA) is 56.7 Å². The van der Waals surface area contributed by atoms with Gasteiger partial charge in [-0.25, -0.2) is 0 Å². The quantitative estimate of drug-likeness (QED) is 0.866. The maximum Gasteiger partial charge on any atom is 0.0796 e. The van der Waals surface area contributed by atoms with E-state index >= 15 is 0 Å². The highest BCUT2D eigenvalue weighted by Gasteiger charge is 2.15. The van der Waals surface area contributed by atoms with Gasteiger partial charge in [-0.05, 0) is 30.2 Å². The first-order valence-electron chi connectivity index (χ1n) is 4.96. The molecule has 0 radical (unpaired) electrons. The zero-order chi connectivity index (χ0) is 11.7. The minimum Gasteiger partial charge on any atom is -0.319 e. The molecule has 1 aromatic heterocycles. The molecule has 0 aliphatic rings. The van der Waals surface area contributed by atoms with Crippen molar-refractivity contribution in [1.82, 2.24) is 15.0 Å². The highest BCUT2D eigenvalue weighted by molar-refractivity contribution is 6.30. The molecule has 4 nitrogen and oxygen atoms in total. The summed E-state index contributed by atoms with van der Waals surface area (Å²) in [6.07, 6.45) is 1.68. The molecule has 0 spiro atoms. The minimum atomic E-state index is -0.225. The molecule has 1 unspecified atom stereocenters. The van der Waals surface area contributed by atoms with Crippen LogP contribution >= 0.6 is 11.6 Å². The number of hydrogen-bond donors (Lipinski definition) is 1. The molecule has 0 bridgehead atoms. The summed E-state index contributed by atoms with van der Waals surface area (Å²) in [5.41, 5.74) is 9.16. The van der Waals surface area contributed by atoms with Gasteiger partial charge in [0.05, 0.1) is 17.9 Å². The summed E-state index contributed by atoms with van der Waals surface area (Å²) in [6, 6.07) is 5.46. The Balaban J connectivity index is 2.41. The van der Waals surface area contributed by atoms with Crippen LogP contribution < -0.4 is 5.73 Å². The van der Waals surface area contributed by atoms with Gasteiger partial charge in [0.2, 0.25) is 0 Å². The van der Waals surface area contributed by atoms with Crippen molar-refractivity contribution in [1.29, 1.82) is 0 Å². The first-order chi connectivity index (χ1) is 7.59. The maximum absolute atomic E-state index is 6.17. The molecule has 0 aliphatic heterocycles. The molecule has 2 aromatic rings. The molecular formula is C11H13ClN4. The lowest BCUT2D eigenvalue weighted by Gasteiger charge is -2.14.